The summed E-state index contributed by atoms with van der Waals surface area (Å²) in [5.74, 6) is 1.10. The molecule has 162 valence electrons. The Morgan fingerprint density at radius 1 is 1.23 bits per heavy atom. The highest BCUT2D eigenvalue weighted by Crippen LogP contribution is 2.29. The van der Waals surface area contributed by atoms with Gasteiger partial charge in [-0.25, -0.2) is 4.98 Å². The van der Waals surface area contributed by atoms with Gasteiger partial charge in [0.2, 0.25) is 5.89 Å². The lowest BCUT2D eigenvalue weighted by Crippen LogP contribution is -2.17. The fourth-order valence-electron chi connectivity index (χ4n) is 2.91. The molecule has 0 aliphatic heterocycles. The lowest BCUT2D eigenvalue weighted by molar-refractivity contribution is -0.384. The smallest absolute Gasteiger partial charge is 0.325 e. The number of nitrogens with zero attached hydrogens (tertiary/aromatic N) is 2. The molecule has 31 heavy (non-hydrogen) atoms. The molecule has 3 aromatic rings. The van der Waals surface area contributed by atoms with Crippen LogP contribution in [0.5, 0.6) is 5.75 Å². The third kappa shape index (κ3) is 5.81. The van der Waals surface area contributed by atoms with E-state index < -0.39 is 10.9 Å². The predicted molar refractivity (Wildman–Crippen MR) is 114 cm³/mol. The zero-order valence-corrected chi connectivity index (χ0v) is 17.3. The van der Waals surface area contributed by atoms with Crippen LogP contribution in [0, 0.1) is 17.0 Å². The standard InChI is InChI=1S/C22H23N3O6/c1-3-29-21(26)14-23-19-10-9-17(13-20(19)25(27)28)30-12-11-18-15(2)31-22(24-18)16-7-5-4-6-8-16/h4-10,13,23H,3,11-12,14H2,1-2H3. The summed E-state index contributed by atoms with van der Waals surface area (Å²) in [5.41, 5.74) is 1.68. The first-order valence-corrected chi connectivity index (χ1v) is 9.80. The summed E-state index contributed by atoms with van der Waals surface area (Å²) < 4.78 is 16.2. The highest BCUT2D eigenvalue weighted by atomic mass is 16.6. The summed E-state index contributed by atoms with van der Waals surface area (Å²) in [6, 6.07) is 14.0. The molecule has 0 unspecified atom stereocenters. The molecule has 1 aromatic heterocycles. The van der Waals surface area contributed by atoms with Crippen molar-refractivity contribution in [3.8, 4) is 17.2 Å². The quantitative estimate of drug-likeness (QED) is 0.292. The number of oxazole rings is 1. The first-order valence-electron chi connectivity index (χ1n) is 9.80. The Bertz CT molecular complexity index is 1050. The number of hydrogen-bond acceptors (Lipinski definition) is 8. The van der Waals surface area contributed by atoms with Crippen molar-refractivity contribution >= 4 is 17.3 Å². The van der Waals surface area contributed by atoms with Crippen molar-refractivity contribution in [2.75, 3.05) is 25.1 Å². The summed E-state index contributed by atoms with van der Waals surface area (Å²) in [6.45, 7) is 3.88. The van der Waals surface area contributed by atoms with E-state index in [2.05, 4.69) is 10.3 Å². The third-order valence-electron chi connectivity index (χ3n) is 4.42. The largest absolute Gasteiger partial charge is 0.493 e. The zero-order valence-electron chi connectivity index (χ0n) is 17.3. The maximum Gasteiger partial charge on any atom is 0.325 e. The number of anilines is 1. The van der Waals surface area contributed by atoms with E-state index in [1.165, 1.54) is 12.1 Å². The van der Waals surface area contributed by atoms with Gasteiger partial charge in [0, 0.05) is 12.0 Å². The Morgan fingerprint density at radius 3 is 2.71 bits per heavy atom. The first-order chi connectivity index (χ1) is 15.0. The van der Waals surface area contributed by atoms with Crippen LogP contribution >= 0.6 is 0 Å². The molecule has 2 aromatic carbocycles. The minimum absolute atomic E-state index is 0.163. The van der Waals surface area contributed by atoms with Crippen molar-refractivity contribution < 1.29 is 23.6 Å². The maximum absolute atomic E-state index is 11.5. The van der Waals surface area contributed by atoms with Gasteiger partial charge in [-0.2, -0.15) is 0 Å². The van der Waals surface area contributed by atoms with E-state index in [9.17, 15) is 14.9 Å². The van der Waals surface area contributed by atoms with Crippen LogP contribution in [-0.4, -0.2) is 35.6 Å². The number of aromatic nitrogens is 1. The van der Waals surface area contributed by atoms with E-state index in [0.717, 1.165) is 11.3 Å². The molecule has 0 radical (unpaired) electrons. The number of nitrogens with one attached hydrogen (secondary N) is 1. The van der Waals surface area contributed by atoms with Crippen LogP contribution in [0.1, 0.15) is 18.4 Å². The van der Waals surface area contributed by atoms with Gasteiger partial charge in [0.1, 0.15) is 23.7 Å². The molecular weight excluding hydrogens is 402 g/mol. The predicted octanol–water partition coefficient (Wildman–Crippen LogP) is 4.15. The van der Waals surface area contributed by atoms with E-state index >= 15 is 0 Å². The summed E-state index contributed by atoms with van der Waals surface area (Å²) in [6.07, 6.45) is 0.485. The van der Waals surface area contributed by atoms with Gasteiger partial charge in [-0.1, -0.05) is 18.2 Å². The topological polar surface area (TPSA) is 117 Å². The van der Waals surface area contributed by atoms with Gasteiger partial charge in [-0.3, -0.25) is 14.9 Å². The Balaban J connectivity index is 1.62. The van der Waals surface area contributed by atoms with Crippen LogP contribution in [0.3, 0.4) is 0 Å². The second-order valence-electron chi connectivity index (χ2n) is 6.58. The molecule has 0 amide bonds. The normalized spacial score (nSPS) is 10.5. The number of esters is 1. The molecule has 9 heteroatoms. The number of nitro benzene ring substituents is 1. The Labute approximate surface area is 179 Å². The molecule has 1 heterocycles. The molecule has 0 saturated heterocycles. The van der Waals surface area contributed by atoms with E-state index in [4.69, 9.17) is 13.9 Å². The van der Waals surface area contributed by atoms with Gasteiger partial charge in [-0.15, -0.1) is 0 Å². The van der Waals surface area contributed by atoms with Crippen molar-refractivity contribution in [1.82, 2.24) is 4.98 Å². The van der Waals surface area contributed by atoms with Gasteiger partial charge in [0.05, 0.1) is 29.9 Å². The lowest BCUT2D eigenvalue weighted by atomic mass is 10.2. The van der Waals surface area contributed by atoms with E-state index in [1.807, 2.05) is 37.3 Å². The van der Waals surface area contributed by atoms with Crippen molar-refractivity contribution in [1.29, 1.82) is 0 Å². The van der Waals surface area contributed by atoms with E-state index in [1.54, 1.807) is 13.0 Å². The summed E-state index contributed by atoms with van der Waals surface area (Å²) >= 11 is 0. The summed E-state index contributed by atoms with van der Waals surface area (Å²) in [4.78, 5) is 26.8. The number of hydrogen-bond donors (Lipinski definition) is 1. The van der Waals surface area contributed by atoms with E-state index in [0.29, 0.717) is 23.8 Å². The van der Waals surface area contributed by atoms with Crippen LogP contribution in [0.2, 0.25) is 0 Å². The van der Waals surface area contributed by atoms with Gasteiger partial charge >= 0.3 is 5.97 Å². The van der Waals surface area contributed by atoms with Crippen LogP contribution in [0.15, 0.2) is 52.9 Å². The first kappa shape index (κ1) is 21.8. The molecule has 1 N–H and O–H groups in total. The second-order valence-corrected chi connectivity index (χ2v) is 6.58. The number of carbonyl (C=O) groups excluding carboxylic acids is 1. The molecule has 0 atom stereocenters. The number of rotatable bonds is 10. The molecule has 0 saturated carbocycles. The van der Waals surface area contributed by atoms with Crippen molar-refractivity contribution in [3.05, 3.63) is 70.1 Å². The van der Waals surface area contributed by atoms with E-state index in [-0.39, 0.29) is 31.1 Å². The highest BCUT2D eigenvalue weighted by Gasteiger charge is 2.17. The third-order valence-corrected chi connectivity index (χ3v) is 4.42. The summed E-state index contributed by atoms with van der Waals surface area (Å²) in [5, 5.41) is 14.1. The molecule has 0 aliphatic carbocycles. The second kappa shape index (κ2) is 10.2. The van der Waals surface area contributed by atoms with Crippen LogP contribution in [0.25, 0.3) is 11.5 Å². The molecule has 3 rings (SSSR count). The van der Waals surface area contributed by atoms with Gasteiger partial charge in [-0.05, 0) is 38.1 Å². The SMILES string of the molecule is CCOC(=O)CNc1ccc(OCCc2nc(-c3ccccc3)oc2C)cc1[N+](=O)[O-]. The van der Waals surface area contributed by atoms with Crippen LogP contribution < -0.4 is 10.1 Å². The molecule has 9 nitrogen and oxygen atoms in total. The molecule has 0 fully saturated rings. The minimum atomic E-state index is -0.533. The number of nitro groups is 1. The fourth-order valence-corrected chi connectivity index (χ4v) is 2.91. The number of aryl methyl sites for hydroxylation is 1. The molecule has 0 bridgehead atoms. The zero-order chi connectivity index (χ0) is 22.2. The number of carbonyl (C=O) groups is 1. The highest BCUT2D eigenvalue weighted by molar-refractivity contribution is 5.77. The monoisotopic (exact) mass is 425 g/mol. The maximum atomic E-state index is 11.5. The van der Waals surface area contributed by atoms with Crippen LogP contribution in [-0.2, 0) is 16.0 Å². The van der Waals surface area contributed by atoms with Crippen molar-refractivity contribution in [2.24, 2.45) is 0 Å². The molecule has 0 spiro atoms. The Kier molecular flexibility index (Phi) is 7.21. The Morgan fingerprint density at radius 2 is 2.00 bits per heavy atom. The minimum Gasteiger partial charge on any atom is -0.493 e. The number of benzene rings is 2. The van der Waals surface area contributed by atoms with Gasteiger partial charge < -0.3 is 19.2 Å². The number of ether oxygens (including phenoxy) is 2. The lowest BCUT2D eigenvalue weighted by Gasteiger charge is -2.09. The van der Waals surface area contributed by atoms with Crippen molar-refractivity contribution in [3.63, 3.8) is 0 Å². The fraction of sp³-hybridized carbons (Fsp3) is 0.273. The molecule has 0 aliphatic rings. The average Bonchev–Trinajstić information content (AvgIpc) is 3.14. The average molecular weight is 425 g/mol. The van der Waals surface area contributed by atoms with Gasteiger partial charge in [0.25, 0.3) is 5.69 Å². The summed E-state index contributed by atoms with van der Waals surface area (Å²) in [7, 11) is 0. The molecular formula is C22H23N3O6. The van der Waals surface area contributed by atoms with Gasteiger partial charge in [0.15, 0.2) is 0 Å². The van der Waals surface area contributed by atoms with Crippen LogP contribution in [0.4, 0.5) is 11.4 Å². The Hall–Kier alpha value is -3.88. The van der Waals surface area contributed by atoms with Crippen molar-refractivity contribution in [2.45, 2.75) is 20.3 Å².